The summed E-state index contributed by atoms with van der Waals surface area (Å²) in [7, 11) is -4.02. The van der Waals surface area contributed by atoms with Crippen LogP contribution in [0.1, 0.15) is 35.0 Å². The molecule has 0 aliphatic heterocycles. The van der Waals surface area contributed by atoms with E-state index in [1.165, 1.54) is 0 Å². The molecule has 0 bridgehead atoms. The zero-order valence-corrected chi connectivity index (χ0v) is 19.3. The molecule has 3 aromatic rings. The summed E-state index contributed by atoms with van der Waals surface area (Å²) in [4.78, 5) is 13.0. The second-order valence-electron chi connectivity index (χ2n) is 7.72. The van der Waals surface area contributed by atoms with Crippen molar-refractivity contribution in [2.45, 2.75) is 45.9 Å². The molecule has 0 aliphatic carbocycles. The van der Waals surface area contributed by atoms with Gasteiger partial charge in [0.1, 0.15) is 11.4 Å². The Bertz CT molecular complexity index is 1160. The number of anilines is 2. The number of carbonyl (C=O) groups is 1. The Balaban J connectivity index is 1.98. The van der Waals surface area contributed by atoms with E-state index in [1.54, 1.807) is 26.0 Å². The van der Waals surface area contributed by atoms with E-state index in [0.29, 0.717) is 22.8 Å². The zero-order chi connectivity index (χ0) is 22.8. The highest BCUT2D eigenvalue weighted by atomic mass is 32.2. The molecule has 1 aromatic heterocycles. The molecular formula is C23H28N4O3S. The van der Waals surface area contributed by atoms with Crippen LogP contribution in [0.2, 0.25) is 0 Å². The smallest absolute Gasteiger partial charge is 0.268 e. The molecule has 8 heteroatoms. The predicted octanol–water partition coefficient (Wildman–Crippen LogP) is 4.04. The lowest BCUT2D eigenvalue weighted by molar-refractivity contribution is -0.114. The zero-order valence-electron chi connectivity index (χ0n) is 18.5. The van der Waals surface area contributed by atoms with Crippen molar-refractivity contribution < 1.29 is 13.2 Å². The van der Waals surface area contributed by atoms with E-state index in [-0.39, 0.29) is 11.4 Å². The maximum absolute atomic E-state index is 13.6. The molecule has 3 rings (SSSR count). The van der Waals surface area contributed by atoms with Crippen molar-refractivity contribution in [1.29, 1.82) is 0 Å². The normalized spacial score (nSPS) is 11.4. The topological polar surface area (TPSA) is 95.2 Å². The molecule has 164 valence electrons. The monoisotopic (exact) mass is 440 g/mol. The van der Waals surface area contributed by atoms with Crippen LogP contribution >= 0.6 is 0 Å². The Morgan fingerprint density at radius 3 is 2.16 bits per heavy atom. The van der Waals surface area contributed by atoms with Gasteiger partial charge < -0.3 is 5.32 Å². The standard InChI is InChI=1S/C23H28N4O3S/c1-6-19-7-9-20(10-8-19)24-22(28)14-27(21-12-15(2)11-16(3)13-21)31(29,30)23-17(4)25-26-18(23)5/h7-13H,6,14H2,1-5H3,(H,24,28)(H,25,26). The average molecular weight is 441 g/mol. The van der Waals surface area contributed by atoms with Crippen molar-refractivity contribution in [3.05, 3.63) is 70.5 Å². The van der Waals surface area contributed by atoms with Crippen LogP contribution < -0.4 is 9.62 Å². The number of aromatic amines is 1. The van der Waals surface area contributed by atoms with Crippen molar-refractivity contribution in [3.8, 4) is 0 Å². The molecule has 7 nitrogen and oxygen atoms in total. The van der Waals surface area contributed by atoms with Crippen LogP contribution in [-0.2, 0) is 21.2 Å². The van der Waals surface area contributed by atoms with Gasteiger partial charge in [0.2, 0.25) is 5.91 Å². The highest BCUT2D eigenvalue weighted by Crippen LogP contribution is 2.28. The van der Waals surface area contributed by atoms with Crippen molar-refractivity contribution in [1.82, 2.24) is 10.2 Å². The minimum Gasteiger partial charge on any atom is -0.325 e. The quantitative estimate of drug-likeness (QED) is 0.580. The third-order valence-corrected chi connectivity index (χ3v) is 7.07. The van der Waals surface area contributed by atoms with Gasteiger partial charge in [-0.2, -0.15) is 5.10 Å². The summed E-state index contributed by atoms with van der Waals surface area (Å²) in [6.07, 6.45) is 0.899. The summed E-state index contributed by atoms with van der Waals surface area (Å²) in [6, 6.07) is 13.0. The van der Waals surface area contributed by atoms with Crippen molar-refractivity contribution in [2.24, 2.45) is 0 Å². The van der Waals surface area contributed by atoms with Gasteiger partial charge in [-0.05, 0) is 75.1 Å². The Morgan fingerprint density at radius 2 is 1.65 bits per heavy atom. The van der Waals surface area contributed by atoms with Gasteiger partial charge in [-0.3, -0.25) is 14.2 Å². The van der Waals surface area contributed by atoms with Crippen molar-refractivity contribution in [3.63, 3.8) is 0 Å². The van der Waals surface area contributed by atoms with Gasteiger partial charge >= 0.3 is 0 Å². The first-order valence-electron chi connectivity index (χ1n) is 10.1. The summed E-state index contributed by atoms with van der Waals surface area (Å²) in [5, 5.41) is 9.55. The molecule has 0 radical (unpaired) electrons. The average Bonchev–Trinajstić information content (AvgIpc) is 3.04. The summed E-state index contributed by atoms with van der Waals surface area (Å²) in [6.45, 7) is 8.77. The van der Waals surface area contributed by atoms with E-state index in [2.05, 4.69) is 22.4 Å². The summed E-state index contributed by atoms with van der Waals surface area (Å²) in [5.41, 5.74) is 4.83. The van der Waals surface area contributed by atoms with Gasteiger partial charge in [0.15, 0.2) is 0 Å². The number of hydrogen-bond acceptors (Lipinski definition) is 4. The lowest BCUT2D eigenvalue weighted by Gasteiger charge is -2.25. The van der Waals surface area contributed by atoms with Crippen molar-refractivity contribution in [2.75, 3.05) is 16.2 Å². The molecule has 1 amide bonds. The van der Waals surface area contributed by atoms with E-state index in [4.69, 9.17) is 0 Å². The number of aromatic nitrogens is 2. The third-order valence-electron chi connectivity index (χ3n) is 5.04. The molecule has 0 saturated carbocycles. The van der Waals surface area contributed by atoms with Gasteiger partial charge in [0.05, 0.1) is 17.1 Å². The first kappa shape index (κ1) is 22.6. The van der Waals surface area contributed by atoms with Gasteiger partial charge in [0.25, 0.3) is 10.0 Å². The number of hydrogen-bond donors (Lipinski definition) is 2. The van der Waals surface area contributed by atoms with Crippen molar-refractivity contribution >= 4 is 27.3 Å². The van der Waals surface area contributed by atoms with Crippen LogP contribution in [0.4, 0.5) is 11.4 Å². The molecule has 0 fully saturated rings. The fraction of sp³-hybridized carbons (Fsp3) is 0.304. The minimum atomic E-state index is -4.02. The van der Waals surface area contributed by atoms with Crippen LogP contribution in [0, 0.1) is 27.7 Å². The Hall–Kier alpha value is -3.13. The van der Waals surface area contributed by atoms with Crippen LogP contribution in [0.25, 0.3) is 0 Å². The molecule has 0 saturated heterocycles. The number of amides is 1. The first-order valence-corrected chi connectivity index (χ1v) is 11.6. The number of carbonyl (C=O) groups excluding carboxylic acids is 1. The third kappa shape index (κ3) is 4.96. The van der Waals surface area contributed by atoms with Crippen LogP contribution in [0.5, 0.6) is 0 Å². The van der Waals surface area contributed by atoms with Gasteiger partial charge in [-0.15, -0.1) is 0 Å². The van der Waals surface area contributed by atoms with Crippen LogP contribution in [-0.4, -0.2) is 31.1 Å². The van der Waals surface area contributed by atoms with E-state index in [0.717, 1.165) is 27.4 Å². The maximum Gasteiger partial charge on any atom is 0.268 e. The Labute approximate surface area is 183 Å². The van der Waals surface area contributed by atoms with Gasteiger partial charge in [-0.1, -0.05) is 25.1 Å². The van der Waals surface area contributed by atoms with E-state index in [9.17, 15) is 13.2 Å². The van der Waals surface area contributed by atoms with Crippen LogP contribution in [0.15, 0.2) is 47.4 Å². The molecule has 1 heterocycles. The number of nitrogens with one attached hydrogen (secondary N) is 2. The largest absolute Gasteiger partial charge is 0.325 e. The number of H-pyrrole nitrogens is 1. The van der Waals surface area contributed by atoms with Crippen LogP contribution in [0.3, 0.4) is 0 Å². The molecule has 0 aliphatic rings. The predicted molar refractivity (Wildman–Crippen MR) is 123 cm³/mol. The SMILES string of the molecule is CCc1ccc(NC(=O)CN(c2cc(C)cc(C)c2)S(=O)(=O)c2c(C)n[nH]c2C)cc1. The number of sulfonamides is 1. The second-order valence-corrected chi connectivity index (χ2v) is 9.52. The van der Waals surface area contributed by atoms with E-state index < -0.39 is 15.9 Å². The highest BCUT2D eigenvalue weighted by molar-refractivity contribution is 7.93. The lowest BCUT2D eigenvalue weighted by Crippen LogP contribution is -2.38. The summed E-state index contributed by atoms with van der Waals surface area (Å²) >= 11 is 0. The molecule has 0 atom stereocenters. The van der Waals surface area contributed by atoms with Gasteiger partial charge in [-0.25, -0.2) is 8.42 Å². The maximum atomic E-state index is 13.6. The summed E-state index contributed by atoms with van der Waals surface area (Å²) in [5.74, 6) is -0.425. The molecule has 2 N–H and O–H groups in total. The number of benzene rings is 2. The number of rotatable bonds is 7. The molecule has 0 spiro atoms. The molecule has 2 aromatic carbocycles. The Kier molecular flexibility index (Phi) is 6.50. The number of nitrogens with zero attached hydrogens (tertiary/aromatic N) is 2. The first-order chi connectivity index (χ1) is 14.6. The molecular weight excluding hydrogens is 412 g/mol. The van der Waals surface area contributed by atoms with E-state index in [1.807, 2.05) is 44.2 Å². The van der Waals surface area contributed by atoms with Gasteiger partial charge in [0, 0.05) is 5.69 Å². The lowest BCUT2D eigenvalue weighted by atomic mass is 10.1. The fourth-order valence-electron chi connectivity index (χ4n) is 3.60. The number of aryl methyl sites for hydroxylation is 5. The highest BCUT2D eigenvalue weighted by Gasteiger charge is 2.32. The molecule has 0 unspecified atom stereocenters. The summed E-state index contributed by atoms with van der Waals surface area (Å²) < 4.78 is 28.4. The fourth-order valence-corrected chi connectivity index (χ4v) is 5.34. The second kappa shape index (κ2) is 8.93. The Morgan fingerprint density at radius 1 is 1.03 bits per heavy atom. The minimum absolute atomic E-state index is 0.0896. The molecule has 31 heavy (non-hydrogen) atoms. The van der Waals surface area contributed by atoms with E-state index >= 15 is 0 Å².